The van der Waals surface area contributed by atoms with Crippen molar-refractivity contribution in [3.05, 3.63) is 42.4 Å². The maximum absolute atomic E-state index is 12.7. The molecule has 0 spiro atoms. The van der Waals surface area contributed by atoms with Crippen LogP contribution in [0.4, 0.5) is 5.69 Å². The van der Waals surface area contributed by atoms with E-state index in [0.29, 0.717) is 49.2 Å². The Balaban J connectivity index is 1.40. The summed E-state index contributed by atoms with van der Waals surface area (Å²) in [6, 6.07) is 8.73. The summed E-state index contributed by atoms with van der Waals surface area (Å²) in [6.07, 6.45) is 3.84. The molecule has 1 aromatic carbocycles. The Morgan fingerprint density at radius 3 is 2.74 bits per heavy atom. The minimum absolute atomic E-state index is 0.0959. The zero-order valence-electron chi connectivity index (χ0n) is 15.0. The van der Waals surface area contributed by atoms with Gasteiger partial charge in [0.15, 0.2) is 17.3 Å². The zero-order valence-corrected chi connectivity index (χ0v) is 15.0. The van der Waals surface area contributed by atoms with Gasteiger partial charge in [0.05, 0.1) is 25.4 Å². The molecule has 0 unspecified atom stereocenters. The molecule has 7 nitrogen and oxygen atoms in total. The first kappa shape index (κ1) is 17.5. The van der Waals surface area contributed by atoms with E-state index in [1.54, 1.807) is 29.2 Å². The SMILES string of the molecule is O=C(Nc1ccc2c(c1)OCCCO2)[C@@H]1CCCN(C(=O)c2ccco2)C1. The number of piperidine rings is 1. The van der Waals surface area contributed by atoms with Crippen LogP contribution in [0.1, 0.15) is 29.8 Å². The number of fused-ring (bicyclic) bond motifs is 1. The molecule has 142 valence electrons. The van der Waals surface area contributed by atoms with Crippen molar-refractivity contribution in [1.82, 2.24) is 4.90 Å². The quantitative estimate of drug-likeness (QED) is 0.898. The first-order valence-corrected chi connectivity index (χ1v) is 9.24. The van der Waals surface area contributed by atoms with Crippen LogP contribution in [0.15, 0.2) is 41.0 Å². The Kier molecular flexibility index (Phi) is 5.00. The van der Waals surface area contributed by atoms with E-state index in [9.17, 15) is 9.59 Å². The van der Waals surface area contributed by atoms with Crippen LogP contribution in [0, 0.1) is 5.92 Å². The van der Waals surface area contributed by atoms with Gasteiger partial charge in [-0.15, -0.1) is 0 Å². The maximum atomic E-state index is 12.7. The third-order valence-corrected chi connectivity index (χ3v) is 4.83. The smallest absolute Gasteiger partial charge is 0.289 e. The van der Waals surface area contributed by atoms with Gasteiger partial charge in [-0.25, -0.2) is 0 Å². The van der Waals surface area contributed by atoms with Gasteiger partial charge in [-0.2, -0.15) is 0 Å². The van der Waals surface area contributed by atoms with E-state index < -0.39 is 0 Å². The fourth-order valence-corrected chi connectivity index (χ4v) is 3.42. The summed E-state index contributed by atoms with van der Waals surface area (Å²) in [5, 5.41) is 2.94. The molecule has 1 aromatic heterocycles. The number of carbonyl (C=O) groups excluding carboxylic acids is 2. The third kappa shape index (κ3) is 3.92. The van der Waals surface area contributed by atoms with E-state index >= 15 is 0 Å². The average Bonchev–Trinajstić information content (AvgIpc) is 3.13. The number of rotatable bonds is 3. The zero-order chi connectivity index (χ0) is 18.6. The minimum atomic E-state index is -0.256. The van der Waals surface area contributed by atoms with Gasteiger partial charge < -0.3 is 24.1 Å². The molecule has 2 aromatic rings. The van der Waals surface area contributed by atoms with Crippen molar-refractivity contribution in [1.29, 1.82) is 0 Å². The highest BCUT2D eigenvalue weighted by atomic mass is 16.5. The lowest BCUT2D eigenvalue weighted by atomic mass is 9.96. The molecule has 3 heterocycles. The molecule has 2 aliphatic heterocycles. The summed E-state index contributed by atoms with van der Waals surface area (Å²) in [5.41, 5.74) is 0.665. The lowest BCUT2D eigenvalue weighted by Crippen LogP contribution is -2.43. The Bertz CT molecular complexity index is 818. The molecule has 4 rings (SSSR count). The van der Waals surface area contributed by atoms with Crippen LogP contribution >= 0.6 is 0 Å². The number of furan rings is 1. The van der Waals surface area contributed by atoms with Gasteiger partial charge in [0.1, 0.15) is 0 Å². The molecule has 0 bridgehead atoms. The lowest BCUT2D eigenvalue weighted by Gasteiger charge is -2.31. The number of nitrogens with one attached hydrogen (secondary N) is 1. The van der Waals surface area contributed by atoms with E-state index in [1.165, 1.54) is 6.26 Å². The molecule has 2 aliphatic rings. The van der Waals surface area contributed by atoms with E-state index in [2.05, 4.69) is 5.32 Å². The molecular weight excluding hydrogens is 348 g/mol. The number of anilines is 1. The van der Waals surface area contributed by atoms with Crippen LogP contribution < -0.4 is 14.8 Å². The molecule has 1 N–H and O–H groups in total. The largest absolute Gasteiger partial charge is 0.490 e. The second kappa shape index (κ2) is 7.73. The van der Waals surface area contributed by atoms with Gasteiger partial charge in [0.2, 0.25) is 5.91 Å². The molecule has 0 aliphatic carbocycles. The Morgan fingerprint density at radius 2 is 1.93 bits per heavy atom. The van der Waals surface area contributed by atoms with Crippen molar-refractivity contribution >= 4 is 17.5 Å². The number of hydrogen-bond donors (Lipinski definition) is 1. The molecule has 2 amide bonds. The van der Waals surface area contributed by atoms with Crippen LogP contribution in [0.3, 0.4) is 0 Å². The third-order valence-electron chi connectivity index (χ3n) is 4.83. The molecular formula is C20H22N2O5. The topological polar surface area (TPSA) is 81.0 Å². The van der Waals surface area contributed by atoms with E-state index in [-0.39, 0.29) is 17.7 Å². The van der Waals surface area contributed by atoms with Crippen LogP contribution in [-0.4, -0.2) is 43.0 Å². The average molecular weight is 370 g/mol. The second-order valence-electron chi connectivity index (χ2n) is 6.77. The highest BCUT2D eigenvalue weighted by Crippen LogP contribution is 2.32. The van der Waals surface area contributed by atoms with Crippen LogP contribution in [0.25, 0.3) is 0 Å². The number of benzene rings is 1. The van der Waals surface area contributed by atoms with Gasteiger partial charge in [0, 0.05) is 31.3 Å². The van der Waals surface area contributed by atoms with Crippen molar-refractivity contribution in [3.8, 4) is 11.5 Å². The van der Waals surface area contributed by atoms with Crippen LogP contribution in [0.2, 0.25) is 0 Å². The highest BCUT2D eigenvalue weighted by Gasteiger charge is 2.30. The number of likely N-dealkylation sites (tertiary alicyclic amines) is 1. The molecule has 1 saturated heterocycles. The fraction of sp³-hybridized carbons (Fsp3) is 0.400. The van der Waals surface area contributed by atoms with Gasteiger partial charge in [-0.1, -0.05) is 0 Å². The summed E-state index contributed by atoms with van der Waals surface area (Å²) in [4.78, 5) is 26.8. The molecule has 1 fully saturated rings. The van der Waals surface area contributed by atoms with Crippen molar-refractivity contribution in [2.45, 2.75) is 19.3 Å². The van der Waals surface area contributed by atoms with Crippen LogP contribution in [0.5, 0.6) is 11.5 Å². The number of amides is 2. The standard InChI is InChI=1S/C20H22N2O5/c23-19(21-15-6-7-16-18(12-15)27-11-3-10-25-16)14-4-1-8-22(13-14)20(24)17-5-2-9-26-17/h2,5-7,9,12,14H,1,3-4,8,10-11,13H2,(H,21,23)/t14-/m1/s1. The molecule has 7 heteroatoms. The monoisotopic (exact) mass is 370 g/mol. The summed E-state index contributed by atoms with van der Waals surface area (Å²) in [7, 11) is 0. The lowest BCUT2D eigenvalue weighted by molar-refractivity contribution is -0.121. The predicted octanol–water partition coefficient (Wildman–Crippen LogP) is 2.93. The first-order chi connectivity index (χ1) is 13.2. The Morgan fingerprint density at radius 1 is 1.07 bits per heavy atom. The van der Waals surface area contributed by atoms with E-state index in [4.69, 9.17) is 13.9 Å². The van der Waals surface area contributed by atoms with Crippen molar-refractivity contribution < 1.29 is 23.5 Å². The second-order valence-corrected chi connectivity index (χ2v) is 6.77. The van der Waals surface area contributed by atoms with E-state index in [0.717, 1.165) is 19.3 Å². The molecule has 0 radical (unpaired) electrons. The summed E-state index contributed by atoms with van der Waals surface area (Å²) >= 11 is 0. The summed E-state index contributed by atoms with van der Waals surface area (Å²) < 4.78 is 16.5. The predicted molar refractivity (Wildman–Crippen MR) is 98.0 cm³/mol. The first-order valence-electron chi connectivity index (χ1n) is 9.24. The molecule has 27 heavy (non-hydrogen) atoms. The van der Waals surface area contributed by atoms with Gasteiger partial charge >= 0.3 is 0 Å². The number of ether oxygens (including phenoxy) is 2. The van der Waals surface area contributed by atoms with Gasteiger partial charge in [-0.05, 0) is 37.1 Å². The molecule has 0 saturated carbocycles. The number of hydrogen-bond acceptors (Lipinski definition) is 5. The maximum Gasteiger partial charge on any atom is 0.289 e. The molecule has 1 atom stereocenters. The minimum Gasteiger partial charge on any atom is -0.490 e. The Hall–Kier alpha value is -2.96. The number of carbonyl (C=O) groups is 2. The van der Waals surface area contributed by atoms with Crippen molar-refractivity contribution in [2.24, 2.45) is 5.92 Å². The number of nitrogens with zero attached hydrogens (tertiary/aromatic N) is 1. The van der Waals surface area contributed by atoms with Gasteiger partial charge in [0.25, 0.3) is 5.91 Å². The summed E-state index contributed by atoms with van der Waals surface area (Å²) in [6.45, 7) is 2.24. The van der Waals surface area contributed by atoms with Gasteiger partial charge in [-0.3, -0.25) is 9.59 Å². The van der Waals surface area contributed by atoms with Crippen molar-refractivity contribution in [2.75, 3.05) is 31.6 Å². The van der Waals surface area contributed by atoms with Crippen LogP contribution in [-0.2, 0) is 4.79 Å². The summed E-state index contributed by atoms with van der Waals surface area (Å²) in [5.74, 6) is 1.11. The fourth-order valence-electron chi connectivity index (χ4n) is 3.42. The van der Waals surface area contributed by atoms with Crippen molar-refractivity contribution in [3.63, 3.8) is 0 Å². The van der Waals surface area contributed by atoms with E-state index in [1.807, 2.05) is 6.07 Å². The Labute approximate surface area is 157 Å². The highest BCUT2D eigenvalue weighted by molar-refractivity contribution is 5.95. The normalized spacial score (nSPS) is 19.3.